The third kappa shape index (κ3) is 8.15. The van der Waals surface area contributed by atoms with E-state index in [0.717, 1.165) is 23.4 Å². The number of nitrogens with two attached hydrogens (primary N) is 1. The second-order valence-electron chi connectivity index (χ2n) is 11.6. The van der Waals surface area contributed by atoms with Crippen LogP contribution >= 0.6 is 11.8 Å². The van der Waals surface area contributed by atoms with Gasteiger partial charge in [0, 0.05) is 48.4 Å². The number of sulfone groups is 1. The van der Waals surface area contributed by atoms with E-state index in [1.54, 1.807) is 25.7 Å². The molecular weight excluding hydrogens is 630 g/mol. The van der Waals surface area contributed by atoms with Crippen LogP contribution in [0.25, 0.3) is 0 Å². The highest BCUT2D eigenvalue weighted by molar-refractivity contribution is 7.99. The molecule has 1 amide bonds. The van der Waals surface area contributed by atoms with Crippen LogP contribution in [-0.4, -0.2) is 87.4 Å². The molecule has 2 aliphatic rings. The van der Waals surface area contributed by atoms with Crippen molar-refractivity contribution in [2.45, 2.75) is 77.5 Å². The fourth-order valence-corrected chi connectivity index (χ4v) is 7.72. The highest BCUT2D eigenvalue weighted by Gasteiger charge is 2.49. The molecular formula is C27H35F3N4O6S3. The highest BCUT2D eigenvalue weighted by atomic mass is 32.2. The number of ether oxygens (including phenoxy) is 1. The predicted octanol–water partition coefficient (Wildman–Crippen LogP) is 4.28. The summed E-state index contributed by atoms with van der Waals surface area (Å²) in [4.78, 5) is 15.5. The van der Waals surface area contributed by atoms with Gasteiger partial charge in [-0.25, -0.2) is 26.8 Å². The quantitative estimate of drug-likeness (QED) is 0.356. The van der Waals surface area contributed by atoms with Gasteiger partial charge in [0.1, 0.15) is 10.5 Å². The lowest BCUT2D eigenvalue weighted by molar-refractivity contribution is -0.0436. The molecule has 10 nitrogen and oxygen atoms in total. The molecule has 2 saturated heterocycles. The Hall–Kier alpha value is -2.53. The van der Waals surface area contributed by atoms with Crippen molar-refractivity contribution in [1.82, 2.24) is 9.80 Å². The zero-order chi connectivity index (χ0) is 31.8. The molecule has 0 radical (unpaired) electrons. The van der Waals surface area contributed by atoms with Crippen molar-refractivity contribution in [3.63, 3.8) is 0 Å². The molecule has 43 heavy (non-hydrogen) atoms. The average Bonchev–Trinajstić information content (AvgIpc) is 3.50. The first-order chi connectivity index (χ1) is 19.8. The lowest BCUT2D eigenvalue weighted by Gasteiger charge is -2.35. The molecule has 16 heteroatoms. The zero-order valence-corrected chi connectivity index (χ0v) is 26.3. The van der Waals surface area contributed by atoms with E-state index in [4.69, 9.17) is 9.88 Å². The molecule has 2 bridgehead atoms. The van der Waals surface area contributed by atoms with E-state index in [2.05, 4.69) is 10.2 Å². The number of primary sulfonamides is 1. The summed E-state index contributed by atoms with van der Waals surface area (Å²) >= 11 is 1.44. The molecule has 0 aromatic heterocycles. The van der Waals surface area contributed by atoms with Crippen molar-refractivity contribution in [3.8, 4) is 0 Å². The summed E-state index contributed by atoms with van der Waals surface area (Å²) in [6, 6.07) is 11.3. The fraction of sp³-hybridized carbons (Fsp3) is 0.519. The summed E-state index contributed by atoms with van der Waals surface area (Å²) in [5, 5.41) is 8.03. The number of anilines is 1. The lowest BCUT2D eigenvalue weighted by atomic mass is 10.2. The topological polar surface area (TPSA) is 139 Å². The number of piperazine rings is 1. The van der Waals surface area contributed by atoms with Gasteiger partial charge in [-0.05, 0) is 63.9 Å². The van der Waals surface area contributed by atoms with Crippen molar-refractivity contribution in [3.05, 3.63) is 48.5 Å². The van der Waals surface area contributed by atoms with Gasteiger partial charge in [-0.1, -0.05) is 18.2 Å². The molecule has 4 rings (SSSR count). The first kappa shape index (κ1) is 33.4. The molecule has 2 aromatic carbocycles. The maximum Gasteiger partial charge on any atom is 0.501 e. The molecule has 3 atom stereocenters. The molecule has 3 N–H and O–H groups in total. The predicted molar refractivity (Wildman–Crippen MR) is 157 cm³/mol. The SMILES string of the molecule is CC(C)(C)OC(=O)N1C[C@H]2C[C@@H]1CN2CC[C@H](CSc1ccccc1)Nc1ccc(S(N)(=O)=O)cc1S(=O)(=O)C(F)(F)F. The van der Waals surface area contributed by atoms with Gasteiger partial charge in [0.25, 0.3) is 9.84 Å². The molecule has 238 valence electrons. The summed E-state index contributed by atoms with van der Waals surface area (Å²) in [5.41, 5.74) is -6.65. The first-order valence-electron chi connectivity index (χ1n) is 13.5. The smallest absolute Gasteiger partial charge is 0.444 e. The molecule has 2 heterocycles. The van der Waals surface area contributed by atoms with E-state index >= 15 is 0 Å². The van der Waals surface area contributed by atoms with Crippen LogP contribution in [0.4, 0.5) is 23.7 Å². The first-order valence-corrected chi connectivity index (χ1v) is 17.5. The van der Waals surface area contributed by atoms with Gasteiger partial charge < -0.3 is 15.0 Å². The number of nitrogens with zero attached hydrogens (tertiary/aromatic N) is 2. The Morgan fingerprint density at radius 1 is 1.07 bits per heavy atom. The number of rotatable bonds is 10. The van der Waals surface area contributed by atoms with E-state index in [1.165, 1.54) is 11.8 Å². The Kier molecular flexibility index (Phi) is 9.67. The number of hydrogen-bond donors (Lipinski definition) is 2. The van der Waals surface area contributed by atoms with Crippen LogP contribution < -0.4 is 10.5 Å². The number of benzene rings is 2. The van der Waals surface area contributed by atoms with E-state index < -0.39 is 46.8 Å². The van der Waals surface area contributed by atoms with Gasteiger partial charge in [-0.3, -0.25) is 4.90 Å². The number of alkyl halides is 3. The number of fused-ring (bicyclic) bond motifs is 2. The maximum atomic E-state index is 13.6. The summed E-state index contributed by atoms with van der Waals surface area (Å²) in [7, 11) is -10.4. The zero-order valence-electron chi connectivity index (χ0n) is 23.9. The van der Waals surface area contributed by atoms with Crippen LogP contribution in [0.5, 0.6) is 0 Å². The Labute approximate surface area is 254 Å². The monoisotopic (exact) mass is 664 g/mol. The maximum absolute atomic E-state index is 13.6. The van der Waals surface area contributed by atoms with Gasteiger partial charge >= 0.3 is 11.6 Å². The number of sulfonamides is 1. The molecule has 0 spiro atoms. The second-order valence-corrected chi connectivity index (χ2v) is 16.1. The molecule has 2 aliphatic heterocycles. The van der Waals surface area contributed by atoms with E-state index in [0.29, 0.717) is 37.9 Å². The number of carbonyl (C=O) groups is 1. The minimum Gasteiger partial charge on any atom is -0.444 e. The van der Waals surface area contributed by atoms with E-state index in [9.17, 15) is 34.8 Å². The number of hydrogen-bond acceptors (Lipinski definition) is 9. The summed E-state index contributed by atoms with van der Waals surface area (Å²) in [6.07, 6.45) is 0.844. The Morgan fingerprint density at radius 3 is 2.30 bits per heavy atom. The largest absolute Gasteiger partial charge is 0.501 e. The van der Waals surface area contributed by atoms with Crippen molar-refractivity contribution in [2.75, 3.05) is 30.7 Å². The van der Waals surface area contributed by atoms with Crippen molar-refractivity contribution < 1.29 is 39.5 Å². The minimum absolute atomic E-state index is 0.0146. The highest BCUT2D eigenvalue weighted by Crippen LogP contribution is 2.37. The second kappa shape index (κ2) is 12.5. The number of amides is 1. The summed E-state index contributed by atoms with van der Waals surface area (Å²) < 4.78 is 95.0. The summed E-state index contributed by atoms with van der Waals surface area (Å²) in [6.45, 7) is 7.06. The van der Waals surface area contributed by atoms with Crippen LogP contribution in [0.3, 0.4) is 0 Å². The molecule has 0 unspecified atom stereocenters. The molecule has 2 fully saturated rings. The van der Waals surface area contributed by atoms with Gasteiger partial charge in [0.2, 0.25) is 10.0 Å². The Morgan fingerprint density at radius 2 is 1.74 bits per heavy atom. The van der Waals surface area contributed by atoms with Crippen LogP contribution in [0.15, 0.2) is 63.2 Å². The van der Waals surface area contributed by atoms with Crippen LogP contribution in [0, 0.1) is 0 Å². The van der Waals surface area contributed by atoms with Gasteiger partial charge in [0.05, 0.1) is 10.6 Å². The normalized spacial score (nSPS) is 20.3. The Balaban J connectivity index is 1.54. The molecule has 2 aromatic rings. The lowest BCUT2D eigenvalue weighted by Crippen LogP contribution is -2.50. The fourth-order valence-electron chi connectivity index (χ4n) is 5.17. The Bertz CT molecular complexity index is 1530. The van der Waals surface area contributed by atoms with E-state index in [1.807, 2.05) is 30.3 Å². The number of nitrogens with one attached hydrogen (secondary N) is 1. The minimum atomic E-state index is -5.92. The molecule has 0 saturated carbocycles. The standard InChI is InChI=1S/C27H35F3N4O6S3/c1-26(2,3)40-25(35)34-16-19-13-20(34)15-33(19)12-11-18(17-41-21-7-5-4-6-8-21)32-23-10-9-22(43(31,38)39)14-24(23)42(36,37)27(28,29)30/h4-10,14,18-20,32H,11-13,15-17H2,1-3H3,(H2,31,38,39)/t18-,19-,20-/m1/s1. The van der Waals surface area contributed by atoms with Crippen LogP contribution in [-0.2, 0) is 24.6 Å². The van der Waals surface area contributed by atoms with Gasteiger partial charge in [-0.15, -0.1) is 11.8 Å². The molecule has 0 aliphatic carbocycles. The number of halogens is 3. The number of likely N-dealkylation sites (tertiary alicyclic amines) is 2. The summed E-state index contributed by atoms with van der Waals surface area (Å²) in [5.74, 6) is 0.373. The van der Waals surface area contributed by atoms with Gasteiger partial charge in [0.15, 0.2) is 0 Å². The van der Waals surface area contributed by atoms with E-state index in [-0.39, 0.29) is 23.9 Å². The van der Waals surface area contributed by atoms with Crippen molar-refractivity contribution >= 4 is 43.4 Å². The van der Waals surface area contributed by atoms with Crippen LogP contribution in [0.1, 0.15) is 33.6 Å². The number of carbonyl (C=O) groups excluding carboxylic acids is 1. The van der Waals surface area contributed by atoms with Crippen molar-refractivity contribution in [2.24, 2.45) is 5.14 Å². The number of thioether (sulfide) groups is 1. The van der Waals surface area contributed by atoms with Gasteiger partial charge in [-0.2, -0.15) is 13.2 Å². The van der Waals surface area contributed by atoms with Crippen LogP contribution in [0.2, 0.25) is 0 Å². The van der Waals surface area contributed by atoms with Crippen molar-refractivity contribution in [1.29, 1.82) is 0 Å². The third-order valence-corrected chi connectivity index (χ3v) is 10.8. The third-order valence-electron chi connectivity index (χ3n) is 7.18. The average molecular weight is 665 g/mol.